The number of aromatic nitrogens is 3. The summed E-state index contributed by atoms with van der Waals surface area (Å²) in [7, 11) is 1.80. The summed E-state index contributed by atoms with van der Waals surface area (Å²) in [5, 5.41) is 0. The van der Waals surface area contributed by atoms with E-state index in [2.05, 4.69) is 39.9 Å². The number of imidazole rings is 1. The summed E-state index contributed by atoms with van der Waals surface area (Å²) < 4.78 is 2.22. The lowest BCUT2D eigenvalue weighted by atomic mass is 10.1. The molecule has 4 aromatic rings. The molecule has 5 heteroatoms. The predicted octanol–water partition coefficient (Wildman–Crippen LogP) is 3.95. The van der Waals surface area contributed by atoms with Crippen LogP contribution in [-0.2, 0) is 19.5 Å². The molecule has 1 amide bonds. The van der Waals surface area contributed by atoms with E-state index in [0.29, 0.717) is 12.1 Å². The number of hydrogen-bond acceptors (Lipinski definition) is 3. The molecule has 28 heavy (non-hydrogen) atoms. The van der Waals surface area contributed by atoms with Crippen molar-refractivity contribution in [2.24, 2.45) is 0 Å². The van der Waals surface area contributed by atoms with Crippen LogP contribution in [0, 0.1) is 0 Å². The van der Waals surface area contributed by atoms with Crippen molar-refractivity contribution in [2.45, 2.75) is 19.5 Å². The van der Waals surface area contributed by atoms with Crippen molar-refractivity contribution < 1.29 is 4.79 Å². The fourth-order valence-corrected chi connectivity index (χ4v) is 3.37. The third-order valence-corrected chi connectivity index (χ3v) is 4.83. The number of hydrogen-bond donors (Lipinski definition) is 0. The van der Waals surface area contributed by atoms with Gasteiger partial charge in [0.1, 0.15) is 5.82 Å². The normalized spacial score (nSPS) is 10.9. The molecule has 2 heterocycles. The third kappa shape index (κ3) is 3.78. The molecular weight excluding hydrogens is 348 g/mol. The van der Waals surface area contributed by atoms with Gasteiger partial charge in [-0.15, -0.1) is 0 Å². The summed E-state index contributed by atoms with van der Waals surface area (Å²) in [6.07, 6.45) is 4.17. The molecule has 2 aromatic heterocycles. The van der Waals surface area contributed by atoms with E-state index < -0.39 is 0 Å². The lowest BCUT2D eigenvalue weighted by molar-refractivity contribution is 0.0780. The number of fused-ring (bicyclic) bond motifs is 1. The van der Waals surface area contributed by atoms with E-state index in [-0.39, 0.29) is 5.91 Å². The van der Waals surface area contributed by atoms with E-state index in [0.717, 1.165) is 29.8 Å². The van der Waals surface area contributed by atoms with Crippen molar-refractivity contribution >= 4 is 16.9 Å². The number of benzene rings is 2. The van der Waals surface area contributed by atoms with Crippen LogP contribution >= 0.6 is 0 Å². The summed E-state index contributed by atoms with van der Waals surface area (Å²) in [6, 6.07) is 22.1. The van der Waals surface area contributed by atoms with Crippen molar-refractivity contribution in [1.29, 1.82) is 0 Å². The summed E-state index contributed by atoms with van der Waals surface area (Å²) >= 11 is 0. The predicted molar refractivity (Wildman–Crippen MR) is 110 cm³/mol. The molecule has 0 N–H and O–H groups in total. The molecule has 0 aliphatic carbocycles. The summed E-state index contributed by atoms with van der Waals surface area (Å²) in [6.45, 7) is 1.26. The minimum absolute atomic E-state index is 0.0604. The molecule has 0 atom stereocenters. The molecule has 5 nitrogen and oxygen atoms in total. The number of carbonyl (C=O) groups is 1. The standard InChI is InChI=1S/C23H22N4O/c1-26(23(28)19-10-7-14-24-16-19)17-22-25-20-11-5-6-12-21(20)27(22)15-13-18-8-3-2-4-9-18/h2-12,14,16H,13,15,17H2,1H3. The van der Waals surface area contributed by atoms with E-state index in [9.17, 15) is 4.79 Å². The number of amides is 1. The quantitative estimate of drug-likeness (QED) is 0.516. The van der Waals surface area contributed by atoms with E-state index in [1.54, 1.807) is 36.5 Å². The highest BCUT2D eigenvalue weighted by atomic mass is 16.2. The number of para-hydroxylation sites is 2. The fraction of sp³-hybridized carbons (Fsp3) is 0.174. The second kappa shape index (κ2) is 8.05. The van der Waals surface area contributed by atoms with Crippen molar-refractivity contribution in [3.8, 4) is 0 Å². The highest BCUT2D eigenvalue weighted by Crippen LogP contribution is 2.19. The van der Waals surface area contributed by atoms with Gasteiger partial charge in [-0.25, -0.2) is 4.98 Å². The molecule has 0 spiro atoms. The average Bonchev–Trinajstić information content (AvgIpc) is 3.10. The Labute approximate surface area is 164 Å². The Morgan fingerprint density at radius 2 is 1.79 bits per heavy atom. The molecule has 2 aromatic carbocycles. The largest absolute Gasteiger partial charge is 0.334 e. The molecule has 0 unspecified atom stereocenters. The Morgan fingerprint density at radius 3 is 2.57 bits per heavy atom. The first-order valence-corrected chi connectivity index (χ1v) is 9.36. The number of pyridine rings is 1. The zero-order valence-corrected chi connectivity index (χ0v) is 15.8. The molecule has 0 radical (unpaired) electrons. The molecule has 4 rings (SSSR count). The highest BCUT2D eigenvalue weighted by Gasteiger charge is 2.17. The molecule has 0 bridgehead atoms. The third-order valence-electron chi connectivity index (χ3n) is 4.83. The van der Waals surface area contributed by atoms with Crippen LogP contribution in [0.25, 0.3) is 11.0 Å². The second-order valence-electron chi connectivity index (χ2n) is 6.81. The van der Waals surface area contributed by atoms with E-state index in [1.807, 2.05) is 24.3 Å². The van der Waals surface area contributed by atoms with Crippen LogP contribution in [-0.4, -0.2) is 32.4 Å². The van der Waals surface area contributed by atoms with Gasteiger partial charge >= 0.3 is 0 Å². The average molecular weight is 370 g/mol. The summed E-state index contributed by atoms with van der Waals surface area (Å²) in [5.74, 6) is 0.826. The van der Waals surface area contributed by atoms with Gasteiger partial charge in [0.2, 0.25) is 0 Å². The minimum Gasteiger partial charge on any atom is -0.334 e. The Morgan fingerprint density at radius 1 is 1.00 bits per heavy atom. The lowest BCUT2D eigenvalue weighted by Gasteiger charge is -2.18. The first kappa shape index (κ1) is 17.9. The van der Waals surface area contributed by atoms with Gasteiger partial charge in [0, 0.05) is 26.0 Å². The van der Waals surface area contributed by atoms with E-state index in [1.165, 1.54) is 5.56 Å². The van der Waals surface area contributed by atoms with Gasteiger partial charge < -0.3 is 9.47 Å². The Hall–Kier alpha value is -3.47. The van der Waals surface area contributed by atoms with Crippen LogP contribution < -0.4 is 0 Å². The molecule has 0 aliphatic rings. The van der Waals surface area contributed by atoms with Crippen molar-refractivity contribution in [3.63, 3.8) is 0 Å². The maximum atomic E-state index is 12.7. The van der Waals surface area contributed by atoms with E-state index in [4.69, 9.17) is 4.98 Å². The minimum atomic E-state index is -0.0604. The van der Waals surface area contributed by atoms with Crippen molar-refractivity contribution in [1.82, 2.24) is 19.4 Å². The van der Waals surface area contributed by atoms with Gasteiger partial charge in [0.25, 0.3) is 5.91 Å². The Balaban J connectivity index is 1.60. The van der Waals surface area contributed by atoms with Gasteiger partial charge in [0.05, 0.1) is 23.1 Å². The van der Waals surface area contributed by atoms with Crippen LogP contribution in [0.1, 0.15) is 21.7 Å². The molecule has 0 aliphatic heterocycles. The number of rotatable bonds is 6. The van der Waals surface area contributed by atoms with Gasteiger partial charge in [-0.05, 0) is 36.2 Å². The monoisotopic (exact) mass is 370 g/mol. The SMILES string of the molecule is CN(Cc1nc2ccccc2n1CCc1ccccc1)C(=O)c1cccnc1. The Kier molecular flexibility index (Phi) is 5.15. The summed E-state index contributed by atoms with van der Waals surface area (Å²) in [4.78, 5) is 23.2. The van der Waals surface area contributed by atoms with Gasteiger partial charge in [0.15, 0.2) is 0 Å². The molecule has 140 valence electrons. The summed E-state index contributed by atoms with van der Waals surface area (Å²) in [5.41, 5.74) is 3.91. The number of carbonyl (C=O) groups excluding carboxylic acids is 1. The number of aryl methyl sites for hydroxylation is 2. The van der Waals surface area contributed by atoms with Crippen LogP contribution in [0.3, 0.4) is 0 Å². The zero-order chi connectivity index (χ0) is 19.3. The molecule has 0 fully saturated rings. The van der Waals surface area contributed by atoms with Crippen molar-refractivity contribution in [3.05, 3.63) is 96.1 Å². The zero-order valence-electron chi connectivity index (χ0n) is 15.8. The van der Waals surface area contributed by atoms with Gasteiger partial charge in [-0.3, -0.25) is 9.78 Å². The number of nitrogens with zero attached hydrogens (tertiary/aromatic N) is 4. The van der Waals surface area contributed by atoms with Gasteiger partial charge in [-0.1, -0.05) is 42.5 Å². The first-order chi connectivity index (χ1) is 13.7. The molecular formula is C23H22N4O. The topological polar surface area (TPSA) is 51.0 Å². The first-order valence-electron chi connectivity index (χ1n) is 9.36. The molecule has 0 saturated heterocycles. The fourth-order valence-electron chi connectivity index (χ4n) is 3.37. The maximum Gasteiger partial charge on any atom is 0.255 e. The van der Waals surface area contributed by atoms with Crippen molar-refractivity contribution in [2.75, 3.05) is 7.05 Å². The van der Waals surface area contributed by atoms with E-state index >= 15 is 0 Å². The van der Waals surface area contributed by atoms with Gasteiger partial charge in [-0.2, -0.15) is 0 Å². The smallest absolute Gasteiger partial charge is 0.255 e. The Bertz CT molecular complexity index is 1070. The van der Waals surface area contributed by atoms with Crippen LogP contribution in [0.5, 0.6) is 0 Å². The maximum absolute atomic E-state index is 12.7. The van der Waals surface area contributed by atoms with Crippen LogP contribution in [0.4, 0.5) is 0 Å². The van der Waals surface area contributed by atoms with Crippen LogP contribution in [0.2, 0.25) is 0 Å². The molecule has 0 saturated carbocycles. The highest BCUT2D eigenvalue weighted by molar-refractivity contribution is 5.93. The lowest BCUT2D eigenvalue weighted by Crippen LogP contribution is -2.28. The van der Waals surface area contributed by atoms with Crippen LogP contribution in [0.15, 0.2) is 79.1 Å². The second-order valence-corrected chi connectivity index (χ2v) is 6.81.